The van der Waals surface area contributed by atoms with E-state index in [0.29, 0.717) is 18.1 Å². The molecule has 0 aliphatic rings. The number of hydrogen-bond donors (Lipinski definition) is 2. The molecule has 0 unspecified atom stereocenters. The summed E-state index contributed by atoms with van der Waals surface area (Å²) in [5.74, 6) is 0.472. The molecular weight excluding hydrogens is 228 g/mol. The van der Waals surface area contributed by atoms with E-state index in [9.17, 15) is 4.79 Å². The summed E-state index contributed by atoms with van der Waals surface area (Å²) in [5, 5.41) is 5.69. The van der Waals surface area contributed by atoms with Crippen molar-refractivity contribution in [3.63, 3.8) is 0 Å². The van der Waals surface area contributed by atoms with E-state index in [1.807, 2.05) is 18.2 Å². The number of carbonyl (C=O) groups is 1. The van der Waals surface area contributed by atoms with E-state index in [0.717, 1.165) is 5.56 Å². The maximum absolute atomic E-state index is 11.4. The summed E-state index contributed by atoms with van der Waals surface area (Å²) < 4.78 is 0. The first-order chi connectivity index (χ1) is 8.79. The van der Waals surface area contributed by atoms with Crippen LogP contribution in [0.25, 0.3) is 0 Å². The molecule has 0 bridgehead atoms. The van der Waals surface area contributed by atoms with Gasteiger partial charge in [-0.1, -0.05) is 12.1 Å². The van der Waals surface area contributed by atoms with E-state index in [2.05, 4.69) is 20.6 Å². The highest BCUT2D eigenvalue weighted by Gasteiger charge is 2.04. The van der Waals surface area contributed by atoms with Gasteiger partial charge in [-0.05, 0) is 23.8 Å². The van der Waals surface area contributed by atoms with Gasteiger partial charge in [-0.25, -0.2) is 4.98 Å². The Morgan fingerprint density at radius 1 is 1.28 bits per heavy atom. The minimum absolute atomic E-state index is 0.194. The van der Waals surface area contributed by atoms with Crippen molar-refractivity contribution < 1.29 is 4.79 Å². The number of amides is 1. The average molecular weight is 242 g/mol. The number of aromatic nitrogens is 2. The number of pyridine rings is 2. The molecule has 0 fully saturated rings. The van der Waals surface area contributed by atoms with E-state index < -0.39 is 0 Å². The third-order valence-corrected chi connectivity index (χ3v) is 2.41. The minimum atomic E-state index is -0.194. The van der Waals surface area contributed by atoms with Gasteiger partial charge >= 0.3 is 0 Å². The summed E-state index contributed by atoms with van der Waals surface area (Å²) in [6, 6.07) is 9.15. The fraction of sp³-hybridized carbons (Fsp3) is 0.154. The van der Waals surface area contributed by atoms with E-state index in [4.69, 9.17) is 0 Å². The van der Waals surface area contributed by atoms with Crippen molar-refractivity contribution in [3.8, 4) is 0 Å². The Morgan fingerprint density at radius 2 is 2.17 bits per heavy atom. The lowest BCUT2D eigenvalue weighted by Crippen LogP contribution is -2.19. The van der Waals surface area contributed by atoms with Gasteiger partial charge in [0.2, 0.25) is 0 Å². The minimum Gasteiger partial charge on any atom is -0.366 e. The van der Waals surface area contributed by atoms with Crippen LogP contribution < -0.4 is 10.6 Å². The van der Waals surface area contributed by atoms with Crippen molar-refractivity contribution in [3.05, 3.63) is 54.0 Å². The molecule has 0 aliphatic carbocycles. The van der Waals surface area contributed by atoms with E-state index in [-0.39, 0.29) is 5.91 Å². The first-order valence-electron chi connectivity index (χ1n) is 5.61. The molecule has 2 aromatic heterocycles. The molecule has 0 atom stereocenters. The Bertz CT molecular complexity index is 528. The van der Waals surface area contributed by atoms with Gasteiger partial charge in [0.1, 0.15) is 11.5 Å². The maximum Gasteiger partial charge on any atom is 0.269 e. The van der Waals surface area contributed by atoms with Gasteiger partial charge in [0, 0.05) is 26.0 Å². The zero-order valence-electron chi connectivity index (χ0n) is 10.1. The molecule has 0 radical (unpaired) electrons. The van der Waals surface area contributed by atoms with Crippen LogP contribution in [0, 0.1) is 0 Å². The van der Waals surface area contributed by atoms with Crippen LogP contribution >= 0.6 is 0 Å². The van der Waals surface area contributed by atoms with Gasteiger partial charge in [-0.2, -0.15) is 0 Å². The predicted molar refractivity (Wildman–Crippen MR) is 69.2 cm³/mol. The van der Waals surface area contributed by atoms with Gasteiger partial charge < -0.3 is 10.6 Å². The Balaban J connectivity index is 2.04. The highest BCUT2D eigenvalue weighted by Crippen LogP contribution is 2.07. The fourth-order valence-electron chi connectivity index (χ4n) is 1.48. The second kappa shape index (κ2) is 5.77. The summed E-state index contributed by atoms with van der Waals surface area (Å²) in [7, 11) is 1.58. The lowest BCUT2D eigenvalue weighted by molar-refractivity contribution is 0.0958. The molecule has 2 aromatic rings. The summed E-state index contributed by atoms with van der Waals surface area (Å²) >= 11 is 0. The normalized spacial score (nSPS) is 9.83. The zero-order chi connectivity index (χ0) is 12.8. The van der Waals surface area contributed by atoms with Crippen molar-refractivity contribution in [1.82, 2.24) is 15.3 Å². The van der Waals surface area contributed by atoms with Gasteiger partial charge in [-0.3, -0.25) is 9.78 Å². The standard InChI is InChI=1S/C13H14N4O/c1-14-13(18)11-5-2-6-12(17-11)16-9-10-4-3-7-15-8-10/h2-8H,9H2,1H3,(H,14,18)(H,16,17). The smallest absolute Gasteiger partial charge is 0.269 e. The molecule has 1 amide bonds. The average Bonchev–Trinajstić information content (AvgIpc) is 2.45. The topological polar surface area (TPSA) is 66.9 Å². The molecule has 2 rings (SSSR count). The highest BCUT2D eigenvalue weighted by atomic mass is 16.1. The van der Waals surface area contributed by atoms with Crippen molar-refractivity contribution >= 4 is 11.7 Å². The number of hydrogen-bond acceptors (Lipinski definition) is 4. The molecule has 0 saturated heterocycles. The third kappa shape index (κ3) is 3.04. The van der Waals surface area contributed by atoms with E-state index >= 15 is 0 Å². The number of anilines is 1. The first-order valence-corrected chi connectivity index (χ1v) is 5.61. The Kier molecular flexibility index (Phi) is 3.86. The van der Waals surface area contributed by atoms with Gasteiger partial charge in [0.15, 0.2) is 0 Å². The molecule has 2 heterocycles. The molecule has 18 heavy (non-hydrogen) atoms. The summed E-state index contributed by atoms with van der Waals surface area (Å²) in [4.78, 5) is 19.7. The number of carbonyl (C=O) groups excluding carboxylic acids is 1. The fourth-order valence-corrected chi connectivity index (χ4v) is 1.48. The molecule has 2 N–H and O–H groups in total. The molecule has 5 nitrogen and oxygen atoms in total. The van der Waals surface area contributed by atoms with Crippen LogP contribution in [-0.2, 0) is 6.54 Å². The number of nitrogens with one attached hydrogen (secondary N) is 2. The van der Waals surface area contributed by atoms with Crippen LogP contribution in [-0.4, -0.2) is 22.9 Å². The van der Waals surface area contributed by atoms with Crippen molar-refractivity contribution in [1.29, 1.82) is 0 Å². The third-order valence-electron chi connectivity index (χ3n) is 2.41. The molecule has 5 heteroatoms. The Labute approximate surface area is 105 Å². The van der Waals surface area contributed by atoms with Gasteiger partial charge in [0.05, 0.1) is 0 Å². The molecular formula is C13H14N4O. The second-order valence-corrected chi connectivity index (χ2v) is 3.70. The molecule has 0 aliphatic heterocycles. The van der Waals surface area contributed by atoms with Gasteiger partial charge in [-0.15, -0.1) is 0 Å². The molecule has 92 valence electrons. The predicted octanol–water partition coefficient (Wildman–Crippen LogP) is 1.45. The quantitative estimate of drug-likeness (QED) is 0.851. The second-order valence-electron chi connectivity index (χ2n) is 3.70. The number of nitrogens with zero attached hydrogens (tertiary/aromatic N) is 2. The van der Waals surface area contributed by atoms with Crippen LogP contribution in [0.1, 0.15) is 16.1 Å². The van der Waals surface area contributed by atoms with Crippen molar-refractivity contribution in [2.45, 2.75) is 6.54 Å². The lowest BCUT2D eigenvalue weighted by atomic mass is 10.3. The molecule has 0 saturated carbocycles. The first kappa shape index (κ1) is 12.0. The van der Waals surface area contributed by atoms with Crippen molar-refractivity contribution in [2.75, 3.05) is 12.4 Å². The zero-order valence-corrected chi connectivity index (χ0v) is 10.1. The van der Waals surface area contributed by atoms with Gasteiger partial charge in [0.25, 0.3) is 5.91 Å². The monoisotopic (exact) mass is 242 g/mol. The van der Waals surface area contributed by atoms with Crippen LogP contribution in [0.2, 0.25) is 0 Å². The maximum atomic E-state index is 11.4. The van der Waals surface area contributed by atoms with Crippen LogP contribution in [0.15, 0.2) is 42.7 Å². The lowest BCUT2D eigenvalue weighted by Gasteiger charge is -2.06. The van der Waals surface area contributed by atoms with E-state index in [1.54, 1.807) is 31.6 Å². The summed E-state index contributed by atoms with van der Waals surface area (Å²) in [6.07, 6.45) is 3.52. The summed E-state index contributed by atoms with van der Waals surface area (Å²) in [5.41, 5.74) is 1.46. The Hall–Kier alpha value is -2.43. The van der Waals surface area contributed by atoms with Crippen LogP contribution in [0.4, 0.5) is 5.82 Å². The van der Waals surface area contributed by atoms with Crippen LogP contribution in [0.5, 0.6) is 0 Å². The largest absolute Gasteiger partial charge is 0.366 e. The summed E-state index contributed by atoms with van der Waals surface area (Å²) in [6.45, 7) is 0.623. The SMILES string of the molecule is CNC(=O)c1cccc(NCc2cccnc2)n1. The highest BCUT2D eigenvalue weighted by molar-refractivity contribution is 5.92. The number of rotatable bonds is 4. The van der Waals surface area contributed by atoms with E-state index in [1.165, 1.54) is 0 Å². The van der Waals surface area contributed by atoms with Crippen molar-refractivity contribution in [2.24, 2.45) is 0 Å². The Morgan fingerprint density at radius 3 is 2.89 bits per heavy atom. The molecule has 0 aromatic carbocycles. The van der Waals surface area contributed by atoms with Crippen LogP contribution in [0.3, 0.4) is 0 Å². The molecule has 0 spiro atoms.